The van der Waals surface area contributed by atoms with Crippen LogP contribution in [0.1, 0.15) is 21.6 Å². The molecule has 0 radical (unpaired) electrons. The van der Waals surface area contributed by atoms with Gasteiger partial charge in [0, 0.05) is 27.8 Å². The number of carboxylic acid groups (broad SMARTS) is 1. The van der Waals surface area contributed by atoms with Crippen LogP contribution in [-0.4, -0.2) is 29.2 Å². The van der Waals surface area contributed by atoms with Gasteiger partial charge in [-0.05, 0) is 19.1 Å². The maximum absolute atomic E-state index is 12.0. The molecule has 0 saturated heterocycles. The van der Waals surface area contributed by atoms with Gasteiger partial charge < -0.3 is 25.7 Å². The van der Waals surface area contributed by atoms with Gasteiger partial charge in [-0.15, -0.1) is 11.8 Å². The summed E-state index contributed by atoms with van der Waals surface area (Å²) in [6.07, 6.45) is 0. The van der Waals surface area contributed by atoms with Crippen molar-refractivity contribution in [3.05, 3.63) is 51.3 Å². The average molecular weight is 334 g/mol. The number of nitrogens with one attached hydrogen (secondary N) is 1. The van der Waals surface area contributed by atoms with Gasteiger partial charge in [-0.1, -0.05) is 11.6 Å². The summed E-state index contributed by atoms with van der Waals surface area (Å²) < 4.78 is 0. The van der Waals surface area contributed by atoms with Crippen LogP contribution in [0.4, 0.5) is 0 Å². The van der Waals surface area contributed by atoms with E-state index in [-0.39, 0.29) is 17.7 Å². The lowest BCUT2D eigenvalue weighted by Gasteiger charge is -2.20. The Morgan fingerprint density at radius 1 is 1.43 bits per heavy atom. The molecular weight excluding hydrogens is 316 g/mol. The molecule has 0 bridgehead atoms. The number of quaternary nitrogens is 1. The quantitative estimate of drug-likeness (QED) is 0.686. The summed E-state index contributed by atoms with van der Waals surface area (Å²) in [7, 11) is 0. The maximum Gasteiger partial charge on any atom is 0.186 e. The van der Waals surface area contributed by atoms with Gasteiger partial charge >= 0.3 is 0 Å². The molecule has 0 saturated carbocycles. The minimum atomic E-state index is -1.37. The molecule has 2 heterocycles. The van der Waals surface area contributed by atoms with Crippen molar-refractivity contribution in [3.63, 3.8) is 0 Å². The number of aromatic nitrogens is 1. The van der Waals surface area contributed by atoms with Crippen LogP contribution in [-0.2, 0) is 5.75 Å². The summed E-state index contributed by atoms with van der Waals surface area (Å²) in [5.41, 5.74) is 6.08. The second-order valence-electron chi connectivity index (χ2n) is 5.05. The molecule has 1 aromatic carbocycles. The summed E-state index contributed by atoms with van der Waals surface area (Å²) in [6.45, 7) is 2.79. The first-order valence-electron chi connectivity index (χ1n) is 7.09. The van der Waals surface area contributed by atoms with E-state index in [0.717, 1.165) is 22.1 Å². The molecule has 1 aliphatic heterocycles. The van der Waals surface area contributed by atoms with Crippen molar-refractivity contribution >= 4 is 17.7 Å². The number of rotatable bonds is 2. The molecule has 23 heavy (non-hydrogen) atoms. The summed E-state index contributed by atoms with van der Waals surface area (Å²) in [5, 5.41) is 18.7. The van der Waals surface area contributed by atoms with Gasteiger partial charge in [-0.2, -0.15) is 0 Å². The minimum absolute atomic E-state index is 0.178. The predicted octanol–water partition coefficient (Wildman–Crippen LogP) is -0.460. The van der Waals surface area contributed by atoms with E-state index < -0.39 is 5.97 Å². The molecule has 1 aliphatic rings. The van der Waals surface area contributed by atoms with Crippen LogP contribution in [0, 0.1) is 6.92 Å². The first-order valence-corrected chi connectivity index (χ1v) is 8.08. The lowest BCUT2D eigenvalue weighted by Crippen LogP contribution is -2.51. The van der Waals surface area contributed by atoms with Crippen molar-refractivity contribution in [2.75, 3.05) is 13.2 Å². The van der Waals surface area contributed by atoms with E-state index in [1.54, 1.807) is 11.8 Å². The SMILES string of the molecule is Cc1ccc2c(c1)-c1[nH]c(C(=O)[O-])cc(=O)c1CS2.[NH3+]CCO. The Balaban J connectivity index is 0.000000433. The topological polar surface area (TPSA) is 121 Å². The highest BCUT2D eigenvalue weighted by Crippen LogP contribution is 2.39. The number of aromatic carboxylic acids is 1. The number of carbonyl (C=O) groups is 1. The number of hydrogen-bond donors (Lipinski definition) is 3. The Kier molecular flexibility index (Phi) is 5.59. The van der Waals surface area contributed by atoms with Gasteiger partial charge in [0.05, 0.1) is 30.5 Å². The molecule has 0 atom stereocenters. The molecule has 5 N–H and O–H groups in total. The number of carbonyl (C=O) groups excluding carboxylic acids is 1. The molecule has 7 heteroatoms. The number of benzene rings is 1. The van der Waals surface area contributed by atoms with Crippen LogP contribution in [0.25, 0.3) is 11.3 Å². The summed E-state index contributed by atoms with van der Waals surface area (Å²) in [4.78, 5) is 26.7. The van der Waals surface area contributed by atoms with Crippen LogP contribution in [0.5, 0.6) is 0 Å². The predicted molar refractivity (Wildman–Crippen MR) is 86.0 cm³/mol. The van der Waals surface area contributed by atoms with Crippen molar-refractivity contribution in [2.45, 2.75) is 17.6 Å². The first kappa shape index (κ1) is 17.3. The van der Waals surface area contributed by atoms with Crippen molar-refractivity contribution in [1.29, 1.82) is 0 Å². The third-order valence-corrected chi connectivity index (χ3v) is 4.39. The van der Waals surface area contributed by atoms with E-state index in [9.17, 15) is 14.7 Å². The Morgan fingerprint density at radius 2 is 2.13 bits per heavy atom. The molecule has 122 valence electrons. The number of H-pyrrole nitrogens is 1. The van der Waals surface area contributed by atoms with Crippen molar-refractivity contribution < 1.29 is 20.7 Å². The zero-order valence-corrected chi connectivity index (χ0v) is 13.5. The van der Waals surface area contributed by atoms with Gasteiger partial charge in [0.1, 0.15) is 0 Å². The average Bonchev–Trinajstić information content (AvgIpc) is 2.54. The van der Waals surface area contributed by atoms with Gasteiger partial charge in [-0.3, -0.25) is 4.79 Å². The Labute approximate surface area is 137 Å². The second-order valence-corrected chi connectivity index (χ2v) is 6.07. The van der Waals surface area contributed by atoms with Crippen LogP contribution >= 0.6 is 11.8 Å². The highest BCUT2D eigenvalue weighted by atomic mass is 32.2. The van der Waals surface area contributed by atoms with Crippen molar-refractivity contribution in [3.8, 4) is 11.3 Å². The molecule has 0 aliphatic carbocycles. The monoisotopic (exact) mass is 334 g/mol. The number of pyridine rings is 1. The molecule has 0 unspecified atom stereocenters. The highest BCUT2D eigenvalue weighted by molar-refractivity contribution is 7.98. The number of aryl methyl sites for hydroxylation is 1. The third kappa shape index (κ3) is 3.82. The van der Waals surface area contributed by atoms with Crippen LogP contribution in [0.3, 0.4) is 0 Å². The number of fused-ring (bicyclic) bond motifs is 3. The Morgan fingerprint density at radius 3 is 2.74 bits per heavy atom. The number of aromatic amines is 1. The number of carboxylic acids is 1. The fraction of sp³-hybridized carbons (Fsp3) is 0.250. The Hall–Kier alpha value is -2.09. The lowest BCUT2D eigenvalue weighted by atomic mass is 10.0. The van der Waals surface area contributed by atoms with Gasteiger partial charge in [0.25, 0.3) is 0 Å². The molecule has 0 fully saturated rings. The zero-order valence-electron chi connectivity index (χ0n) is 12.7. The normalized spacial score (nSPS) is 11.8. The van der Waals surface area contributed by atoms with E-state index in [1.807, 2.05) is 25.1 Å². The standard InChI is InChI=1S/C14H11NO3S.C2H7NO/c1-7-2-3-12-8(4-7)13-9(6-19-12)11(16)5-10(15-13)14(17)18;3-1-2-4/h2-5H,6H2,1H3,(H,15,16)(H,17,18);4H,1-3H2. The number of thioether (sulfide) groups is 1. The molecule has 0 amide bonds. The fourth-order valence-electron chi connectivity index (χ4n) is 2.19. The number of hydrogen-bond acceptors (Lipinski definition) is 5. The van der Waals surface area contributed by atoms with E-state index in [4.69, 9.17) is 5.11 Å². The summed E-state index contributed by atoms with van der Waals surface area (Å²) in [5.74, 6) is -0.819. The van der Waals surface area contributed by atoms with Crippen LogP contribution in [0.15, 0.2) is 34.0 Å². The summed E-state index contributed by atoms with van der Waals surface area (Å²) >= 11 is 1.59. The second kappa shape index (κ2) is 7.45. The minimum Gasteiger partial charge on any atom is -0.543 e. The zero-order chi connectivity index (χ0) is 17.0. The highest BCUT2D eigenvalue weighted by Gasteiger charge is 2.20. The molecule has 3 rings (SSSR count). The largest absolute Gasteiger partial charge is 0.543 e. The van der Waals surface area contributed by atoms with E-state index >= 15 is 0 Å². The van der Waals surface area contributed by atoms with Gasteiger partial charge in [0.2, 0.25) is 0 Å². The molecule has 1 aromatic heterocycles. The lowest BCUT2D eigenvalue weighted by molar-refractivity contribution is -0.372. The van der Waals surface area contributed by atoms with E-state index in [2.05, 4.69) is 10.7 Å². The van der Waals surface area contributed by atoms with Crippen molar-refractivity contribution in [1.82, 2.24) is 4.98 Å². The van der Waals surface area contributed by atoms with E-state index in [0.29, 0.717) is 23.6 Å². The van der Waals surface area contributed by atoms with Crippen LogP contribution < -0.4 is 16.3 Å². The number of aliphatic hydroxyl groups excluding tert-OH is 1. The molecular formula is C16H18N2O4S. The van der Waals surface area contributed by atoms with Crippen LogP contribution in [0.2, 0.25) is 0 Å². The molecule has 2 aromatic rings. The Bertz CT molecular complexity index is 784. The molecule has 0 spiro atoms. The first-order chi connectivity index (χ1) is 11.0. The summed E-state index contributed by atoms with van der Waals surface area (Å²) in [6, 6.07) is 7.03. The van der Waals surface area contributed by atoms with Crippen molar-refractivity contribution in [2.24, 2.45) is 0 Å². The maximum atomic E-state index is 12.0. The van der Waals surface area contributed by atoms with Gasteiger partial charge in [0.15, 0.2) is 5.43 Å². The smallest absolute Gasteiger partial charge is 0.186 e. The fourth-order valence-corrected chi connectivity index (χ4v) is 3.25. The number of aliphatic hydroxyl groups is 1. The third-order valence-electron chi connectivity index (χ3n) is 3.29. The molecule has 6 nitrogen and oxygen atoms in total. The van der Waals surface area contributed by atoms with Gasteiger partial charge in [-0.25, -0.2) is 0 Å². The van der Waals surface area contributed by atoms with E-state index in [1.165, 1.54) is 0 Å².